The number of hydrogen-bond donors (Lipinski definition) is 4. The molecule has 4 N–H and O–H groups in total. The lowest BCUT2D eigenvalue weighted by Gasteiger charge is -2.37. The molecule has 174 valence electrons. The summed E-state index contributed by atoms with van der Waals surface area (Å²) in [6, 6.07) is 9.44. The summed E-state index contributed by atoms with van der Waals surface area (Å²) in [6.07, 6.45) is -10.3. The lowest BCUT2D eigenvalue weighted by molar-refractivity contribution is -0.275. The van der Waals surface area contributed by atoms with Gasteiger partial charge in [0.05, 0.1) is 18.8 Å². The standard InChI is InChI=1S/C21H22F3NO7/c1-25-20(29)11-2-4-12(5-3-11)30-13-6-7-17(32-21(22,23)24)15(8-13)19-18(28)16(27)9-14(10-26)31-19/h2-8,14,16,18-19,26-28H,9-10H2,1H3,(H,25,29). The summed E-state index contributed by atoms with van der Waals surface area (Å²) >= 11 is 0. The van der Waals surface area contributed by atoms with E-state index in [1.54, 1.807) is 0 Å². The molecule has 2 aromatic carbocycles. The molecule has 1 aliphatic rings. The molecule has 32 heavy (non-hydrogen) atoms. The highest BCUT2D eigenvalue weighted by molar-refractivity contribution is 5.94. The Morgan fingerprint density at radius 1 is 1.16 bits per heavy atom. The second kappa shape index (κ2) is 9.74. The van der Waals surface area contributed by atoms with Gasteiger partial charge in [-0.05, 0) is 42.5 Å². The molecule has 1 saturated heterocycles. The van der Waals surface area contributed by atoms with Crippen LogP contribution in [0.2, 0.25) is 0 Å². The van der Waals surface area contributed by atoms with Crippen LogP contribution < -0.4 is 14.8 Å². The molecular weight excluding hydrogens is 435 g/mol. The van der Waals surface area contributed by atoms with Crippen LogP contribution in [0.1, 0.15) is 28.4 Å². The SMILES string of the molecule is CNC(=O)c1ccc(Oc2ccc(OC(F)(F)F)c(C3OC(CO)CC(O)C3O)c2)cc1. The number of hydrogen-bond acceptors (Lipinski definition) is 7. The molecule has 11 heteroatoms. The molecule has 0 aliphatic carbocycles. The van der Waals surface area contributed by atoms with Crippen molar-refractivity contribution >= 4 is 5.91 Å². The maximum atomic E-state index is 12.9. The third kappa shape index (κ3) is 5.68. The van der Waals surface area contributed by atoms with Crippen molar-refractivity contribution in [3.8, 4) is 17.2 Å². The average molecular weight is 457 g/mol. The second-order valence-corrected chi connectivity index (χ2v) is 7.11. The number of halogens is 3. The largest absolute Gasteiger partial charge is 0.573 e. The Morgan fingerprint density at radius 2 is 1.81 bits per heavy atom. The van der Waals surface area contributed by atoms with E-state index in [1.807, 2.05) is 0 Å². The molecule has 2 aromatic rings. The van der Waals surface area contributed by atoms with Crippen molar-refractivity contribution in [1.82, 2.24) is 5.32 Å². The van der Waals surface area contributed by atoms with Crippen LogP contribution in [-0.4, -0.2) is 59.6 Å². The molecule has 4 unspecified atom stereocenters. The number of aliphatic hydroxyl groups is 3. The Bertz CT molecular complexity index is 936. The van der Waals surface area contributed by atoms with Crippen molar-refractivity contribution in [3.05, 3.63) is 53.6 Å². The smallest absolute Gasteiger partial charge is 0.457 e. The van der Waals surface area contributed by atoms with Gasteiger partial charge in [-0.15, -0.1) is 13.2 Å². The summed E-state index contributed by atoms with van der Waals surface area (Å²) in [5, 5.41) is 32.2. The van der Waals surface area contributed by atoms with Crippen LogP contribution in [0.5, 0.6) is 17.2 Å². The first-order valence-corrected chi connectivity index (χ1v) is 9.63. The third-order valence-electron chi connectivity index (χ3n) is 4.84. The van der Waals surface area contributed by atoms with E-state index in [1.165, 1.54) is 43.4 Å². The fraction of sp³-hybridized carbons (Fsp3) is 0.381. The average Bonchev–Trinajstić information content (AvgIpc) is 2.75. The van der Waals surface area contributed by atoms with Crippen molar-refractivity contribution in [2.45, 2.75) is 37.2 Å². The van der Waals surface area contributed by atoms with Crippen LogP contribution in [0, 0.1) is 0 Å². The predicted molar refractivity (Wildman–Crippen MR) is 104 cm³/mol. The fourth-order valence-electron chi connectivity index (χ4n) is 3.31. The van der Waals surface area contributed by atoms with Crippen molar-refractivity contribution in [3.63, 3.8) is 0 Å². The number of carbonyl (C=O) groups excluding carboxylic acids is 1. The van der Waals surface area contributed by atoms with Gasteiger partial charge in [0, 0.05) is 24.6 Å². The summed E-state index contributed by atoms with van der Waals surface area (Å²) in [7, 11) is 1.49. The van der Waals surface area contributed by atoms with Crippen LogP contribution in [0.4, 0.5) is 13.2 Å². The highest BCUT2D eigenvalue weighted by Gasteiger charge is 2.41. The van der Waals surface area contributed by atoms with E-state index < -0.39 is 43.1 Å². The third-order valence-corrected chi connectivity index (χ3v) is 4.84. The van der Waals surface area contributed by atoms with E-state index in [2.05, 4.69) is 10.1 Å². The Hall–Kier alpha value is -2.86. The number of rotatable bonds is 6. The second-order valence-electron chi connectivity index (χ2n) is 7.11. The number of carbonyl (C=O) groups is 1. The van der Waals surface area contributed by atoms with E-state index in [0.29, 0.717) is 11.3 Å². The molecule has 1 aliphatic heterocycles. The topological polar surface area (TPSA) is 117 Å². The van der Waals surface area contributed by atoms with E-state index in [4.69, 9.17) is 9.47 Å². The molecule has 0 saturated carbocycles. The minimum atomic E-state index is -5.01. The van der Waals surface area contributed by atoms with Gasteiger partial charge >= 0.3 is 6.36 Å². The highest BCUT2D eigenvalue weighted by atomic mass is 19.4. The van der Waals surface area contributed by atoms with Gasteiger partial charge in [0.2, 0.25) is 0 Å². The molecular formula is C21H22F3NO7. The maximum Gasteiger partial charge on any atom is 0.573 e. The summed E-state index contributed by atoms with van der Waals surface area (Å²) in [5.74, 6) is -0.548. The zero-order valence-electron chi connectivity index (χ0n) is 16.9. The molecule has 3 rings (SSSR count). The Labute approximate surface area is 181 Å². The lowest BCUT2D eigenvalue weighted by atomic mass is 9.92. The van der Waals surface area contributed by atoms with Gasteiger partial charge in [0.1, 0.15) is 29.5 Å². The van der Waals surface area contributed by atoms with Gasteiger partial charge < -0.3 is 34.8 Å². The van der Waals surface area contributed by atoms with E-state index >= 15 is 0 Å². The Morgan fingerprint density at radius 3 is 2.41 bits per heavy atom. The highest BCUT2D eigenvalue weighted by Crippen LogP contribution is 2.41. The summed E-state index contributed by atoms with van der Waals surface area (Å²) < 4.78 is 54.0. The predicted octanol–water partition coefficient (Wildman–Crippen LogP) is 2.28. The number of ether oxygens (including phenoxy) is 3. The van der Waals surface area contributed by atoms with E-state index in [0.717, 1.165) is 6.07 Å². The molecule has 0 spiro atoms. The summed E-state index contributed by atoms with van der Waals surface area (Å²) in [4.78, 5) is 11.6. The molecule has 1 amide bonds. The molecule has 1 fully saturated rings. The van der Waals surface area contributed by atoms with Crippen molar-refractivity contribution < 1.29 is 47.5 Å². The van der Waals surface area contributed by atoms with Gasteiger partial charge in [0.25, 0.3) is 5.91 Å². The van der Waals surface area contributed by atoms with E-state index in [-0.39, 0.29) is 23.6 Å². The number of benzene rings is 2. The number of aliphatic hydroxyl groups excluding tert-OH is 3. The van der Waals surface area contributed by atoms with Crippen molar-refractivity contribution in [2.24, 2.45) is 0 Å². The van der Waals surface area contributed by atoms with Crippen LogP contribution in [0.25, 0.3) is 0 Å². The molecule has 0 aromatic heterocycles. The van der Waals surface area contributed by atoms with Gasteiger partial charge in [-0.2, -0.15) is 0 Å². The number of alkyl halides is 3. The van der Waals surface area contributed by atoms with Gasteiger partial charge in [-0.3, -0.25) is 4.79 Å². The first kappa shape index (κ1) is 23.8. The van der Waals surface area contributed by atoms with Crippen LogP contribution >= 0.6 is 0 Å². The van der Waals surface area contributed by atoms with Crippen molar-refractivity contribution in [2.75, 3.05) is 13.7 Å². The van der Waals surface area contributed by atoms with Crippen LogP contribution in [-0.2, 0) is 4.74 Å². The lowest BCUT2D eigenvalue weighted by Crippen LogP contribution is -2.44. The number of amides is 1. The first-order valence-electron chi connectivity index (χ1n) is 9.63. The molecule has 0 radical (unpaired) electrons. The fourth-order valence-corrected chi connectivity index (χ4v) is 3.31. The normalized spacial score (nSPS) is 23.5. The van der Waals surface area contributed by atoms with Crippen LogP contribution in [0.15, 0.2) is 42.5 Å². The molecule has 4 atom stereocenters. The minimum Gasteiger partial charge on any atom is -0.457 e. The maximum absolute atomic E-state index is 12.9. The molecule has 0 bridgehead atoms. The van der Waals surface area contributed by atoms with E-state index in [9.17, 15) is 33.3 Å². The molecule has 8 nitrogen and oxygen atoms in total. The minimum absolute atomic E-state index is 0.0858. The van der Waals surface area contributed by atoms with Gasteiger partial charge in [0.15, 0.2) is 0 Å². The van der Waals surface area contributed by atoms with Crippen molar-refractivity contribution in [1.29, 1.82) is 0 Å². The van der Waals surface area contributed by atoms with Gasteiger partial charge in [-0.25, -0.2) is 0 Å². The van der Waals surface area contributed by atoms with Crippen LogP contribution in [0.3, 0.4) is 0 Å². The zero-order chi connectivity index (χ0) is 23.5. The quantitative estimate of drug-likeness (QED) is 0.526. The Balaban J connectivity index is 1.93. The monoisotopic (exact) mass is 457 g/mol. The summed E-state index contributed by atoms with van der Waals surface area (Å²) in [5.41, 5.74) is 0.170. The zero-order valence-corrected chi connectivity index (χ0v) is 16.9. The number of nitrogens with one attached hydrogen (secondary N) is 1. The molecule has 1 heterocycles. The Kier molecular flexibility index (Phi) is 7.24. The van der Waals surface area contributed by atoms with Gasteiger partial charge in [-0.1, -0.05) is 0 Å². The first-order chi connectivity index (χ1) is 15.1. The summed E-state index contributed by atoms with van der Waals surface area (Å²) in [6.45, 7) is -0.496.